The molecule has 7 heteroatoms. The Bertz CT molecular complexity index is 294. The van der Waals surface area contributed by atoms with Crippen molar-refractivity contribution in [1.82, 2.24) is 15.5 Å². The van der Waals surface area contributed by atoms with Gasteiger partial charge in [0.2, 0.25) is 11.8 Å². The van der Waals surface area contributed by atoms with Crippen LogP contribution in [0.4, 0.5) is 0 Å². The first kappa shape index (κ1) is 22.6. The highest BCUT2D eigenvalue weighted by Gasteiger charge is 2.10. The Labute approximate surface area is 152 Å². The van der Waals surface area contributed by atoms with Gasteiger partial charge in [0, 0.05) is 50.5 Å². The molecule has 0 atom stereocenters. The second kappa shape index (κ2) is 16.5. The van der Waals surface area contributed by atoms with E-state index in [0.29, 0.717) is 50.5 Å². The van der Waals surface area contributed by atoms with E-state index in [1.54, 1.807) is 0 Å². The molecule has 0 bridgehead atoms. The molecule has 0 rings (SSSR count). The molecule has 0 heterocycles. The fraction of sp³-hybridized carbons (Fsp3) is 0.875. The zero-order valence-corrected chi connectivity index (χ0v) is 16.1. The lowest BCUT2D eigenvalue weighted by molar-refractivity contribution is -0.121. The number of thiol groups is 2. The van der Waals surface area contributed by atoms with E-state index >= 15 is 0 Å². The van der Waals surface area contributed by atoms with Crippen molar-refractivity contribution in [2.45, 2.75) is 45.4 Å². The van der Waals surface area contributed by atoms with E-state index in [9.17, 15) is 9.59 Å². The van der Waals surface area contributed by atoms with Crippen molar-refractivity contribution in [2.24, 2.45) is 0 Å². The summed E-state index contributed by atoms with van der Waals surface area (Å²) in [4.78, 5) is 25.6. The van der Waals surface area contributed by atoms with Gasteiger partial charge in [0.25, 0.3) is 0 Å². The van der Waals surface area contributed by atoms with Crippen molar-refractivity contribution < 1.29 is 9.59 Å². The van der Waals surface area contributed by atoms with Crippen molar-refractivity contribution >= 4 is 37.1 Å². The number of nitrogens with zero attached hydrogens (tertiary/aromatic N) is 1. The first-order chi connectivity index (χ1) is 11.1. The third kappa shape index (κ3) is 14.9. The highest BCUT2D eigenvalue weighted by molar-refractivity contribution is 7.80. The van der Waals surface area contributed by atoms with Crippen LogP contribution in [0.15, 0.2) is 0 Å². The van der Waals surface area contributed by atoms with Crippen LogP contribution in [0.3, 0.4) is 0 Å². The standard InChI is InChI=1S/C16H33N3O2S2/c1-2-3-4-5-10-19(11-6-15(20)17-8-13-22)12-7-16(21)18-9-14-23/h22-23H,2-14H2,1H3,(H,17,20)(H,18,21). The molecule has 23 heavy (non-hydrogen) atoms. The number of rotatable bonds is 15. The number of nitrogens with one attached hydrogen (secondary N) is 2. The van der Waals surface area contributed by atoms with Gasteiger partial charge in [-0.1, -0.05) is 26.2 Å². The molecule has 0 aromatic carbocycles. The maximum Gasteiger partial charge on any atom is 0.221 e. The predicted octanol–water partition coefficient (Wildman–Crippen LogP) is 1.74. The molecule has 5 nitrogen and oxygen atoms in total. The average molecular weight is 364 g/mol. The summed E-state index contributed by atoms with van der Waals surface area (Å²) in [5.74, 6) is 1.41. The summed E-state index contributed by atoms with van der Waals surface area (Å²) in [5, 5.41) is 5.65. The zero-order valence-electron chi connectivity index (χ0n) is 14.4. The van der Waals surface area contributed by atoms with Crippen molar-refractivity contribution in [3.8, 4) is 0 Å². The van der Waals surface area contributed by atoms with Gasteiger partial charge >= 0.3 is 0 Å². The molecule has 0 spiro atoms. The quantitative estimate of drug-likeness (QED) is 0.265. The van der Waals surface area contributed by atoms with Crippen LogP contribution in [0.5, 0.6) is 0 Å². The van der Waals surface area contributed by atoms with Gasteiger partial charge in [-0.15, -0.1) is 0 Å². The molecule has 0 aliphatic carbocycles. The van der Waals surface area contributed by atoms with Gasteiger partial charge in [-0.2, -0.15) is 25.3 Å². The molecular formula is C16H33N3O2S2. The van der Waals surface area contributed by atoms with Crippen molar-refractivity contribution in [1.29, 1.82) is 0 Å². The fourth-order valence-electron chi connectivity index (χ4n) is 2.18. The Balaban J connectivity index is 4.10. The molecular weight excluding hydrogens is 330 g/mol. The zero-order chi connectivity index (χ0) is 17.3. The lowest BCUT2D eigenvalue weighted by Crippen LogP contribution is -2.35. The van der Waals surface area contributed by atoms with Crippen LogP contribution in [0, 0.1) is 0 Å². The summed E-state index contributed by atoms with van der Waals surface area (Å²) in [5.41, 5.74) is 0. The lowest BCUT2D eigenvalue weighted by atomic mass is 10.2. The van der Waals surface area contributed by atoms with E-state index in [2.05, 4.69) is 47.7 Å². The summed E-state index contributed by atoms with van der Waals surface area (Å²) < 4.78 is 0. The summed E-state index contributed by atoms with van der Waals surface area (Å²) in [6.45, 7) is 5.74. The van der Waals surface area contributed by atoms with E-state index in [0.717, 1.165) is 13.0 Å². The molecule has 0 aliphatic rings. The molecule has 0 saturated carbocycles. The molecule has 0 fully saturated rings. The van der Waals surface area contributed by atoms with Gasteiger partial charge in [-0.3, -0.25) is 9.59 Å². The van der Waals surface area contributed by atoms with Crippen LogP contribution in [-0.2, 0) is 9.59 Å². The fourth-order valence-corrected chi connectivity index (χ4v) is 2.41. The van der Waals surface area contributed by atoms with Crippen LogP contribution in [0.2, 0.25) is 0 Å². The summed E-state index contributed by atoms with van der Waals surface area (Å²) >= 11 is 8.16. The Morgan fingerprint density at radius 1 is 0.826 bits per heavy atom. The normalized spacial score (nSPS) is 10.8. The Kier molecular flexibility index (Phi) is 16.2. The largest absolute Gasteiger partial charge is 0.355 e. The maximum absolute atomic E-state index is 11.7. The number of unbranched alkanes of at least 4 members (excludes halogenated alkanes) is 3. The van der Waals surface area contributed by atoms with Gasteiger partial charge in [0.15, 0.2) is 0 Å². The first-order valence-corrected chi connectivity index (χ1v) is 9.88. The highest BCUT2D eigenvalue weighted by Crippen LogP contribution is 2.03. The molecule has 0 aromatic heterocycles. The average Bonchev–Trinajstić information content (AvgIpc) is 2.56. The van der Waals surface area contributed by atoms with Crippen LogP contribution in [0.1, 0.15) is 45.4 Å². The van der Waals surface area contributed by atoms with Crippen molar-refractivity contribution in [3.05, 3.63) is 0 Å². The second-order valence-electron chi connectivity index (χ2n) is 5.55. The summed E-state index contributed by atoms with van der Waals surface area (Å²) in [6.07, 6.45) is 5.70. The second-order valence-corrected chi connectivity index (χ2v) is 6.44. The minimum absolute atomic E-state index is 0.0529. The predicted molar refractivity (Wildman–Crippen MR) is 104 cm³/mol. The minimum atomic E-state index is 0.0529. The van der Waals surface area contributed by atoms with Gasteiger partial charge in [-0.05, 0) is 13.0 Å². The SMILES string of the molecule is CCCCCCN(CCC(=O)NCCS)CCC(=O)NCCS. The number of hydrogen-bond acceptors (Lipinski definition) is 5. The lowest BCUT2D eigenvalue weighted by Gasteiger charge is -2.22. The Morgan fingerprint density at radius 2 is 1.35 bits per heavy atom. The summed E-state index contributed by atoms with van der Waals surface area (Å²) in [7, 11) is 0. The Hall–Kier alpha value is -0.400. The third-order valence-corrected chi connectivity index (χ3v) is 3.95. The number of hydrogen-bond donors (Lipinski definition) is 4. The van der Waals surface area contributed by atoms with Gasteiger partial charge in [0.05, 0.1) is 0 Å². The van der Waals surface area contributed by atoms with Crippen LogP contribution >= 0.6 is 25.3 Å². The summed E-state index contributed by atoms with van der Waals surface area (Å²) in [6, 6.07) is 0. The first-order valence-electron chi connectivity index (χ1n) is 8.61. The molecule has 2 N–H and O–H groups in total. The number of carbonyl (C=O) groups excluding carboxylic acids is 2. The molecule has 0 unspecified atom stereocenters. The van der Waals surface area contributed by atoms with Crippen molar-refractivity contribution in [3.63, 3.8) is 0 Å². The molecule has 2 amide bonds. The number of amides is 2. The maximum atomic E-state index is 11.7. The van der Waals surface area contributed by atoms with Gasteiger partial charge < -0.3 is 15.5 Å². The molecule has 0 aromatic rings. The highest BCUT2D eigenvalue weighted by atomic mass is 32.1. The van der Waals surface area contributed by atoms with Crippen LogP contribution in [-0.4, -0.2) is 60.9 Å². The van der Waals surface area contributed by atoms with E-state index < -0.39 is 0 Å². The number of carbonyl (C=O) groups is 2. The van der Waals surface area contributed by atoms with Gasteiger partial charge in [-0.25, -0.2) is 0 Å². The van der Waals surface area contributed by atoms with Gasteiger partial charge in [0.1, 0.15) is 0 Å². The molecule has 136 valence electrons. The van der Waals surface area contributed by atoms with Crippen molar-refractivity contribution in [2.75, 3.05) is 44.2 Å². The Morgan fingerprint density at radius 3 is 1.78 bits per heavy atom. The molecule has 0 saturated heterocycles. The van der Waals surface area contributed by atoms with Crippen LogP contribution < -0.4 is 10.6 Å². The van der Waals surface area contributed by atoms with Crippen LogP contribution in [0.25, 0.3) is 0 Å². The molecule has 0 aliphatic heterocycles. The topological polar surface area (TPSA) is 61.4 Å². The van der Waals surface area contributed by atoms with E-state index in [4.69, 9.17) is 0 Å². The monoisotopic (exact) mass is 363 g/mol. The van der Waals surface area contributed by atoms with E-state index in [1.807, 2.05) is 0 Å². The molecule has 0 radical (unpaired) electrons. The minimum Gasteiger partial charge on any atom is -0.355 e. The third-order valence-electron chi connectivity index (χ3n) is 3.51. The van der Waals surface area contributed by atoms with E-state index in [1.165, 1.54) is 19.3 Å². The van der Waals surface area contributed by atoms with E-state index in [-0.39, 0.29) is 11.8 Å². The smallest absolute Gasteiger partial charge is 0.221 e.